The van der Waals surface area contributed by atoms with Gasteiger partial charge in [-0.25, -0.2) is 23.8 Å². The lowest BCUT2D eigenvalue weighted by Crippen LogP contribution is -2.33. The second-order valence-corrected chi connectivity index (χ2v) is 8.32. The monoisotopic (exact) mass is 485 g/mol. The number of rotatable bonds is 3. The molecule has 0 radical (unpaired) electrons. The number of carbonyl (C=O) groups excluding carboxylic acids is 1. The summed E-state index contributed by atoms with van der Waals surface area (Å²) < 4.78 is 16.5. The molecule has 0 unspecified atom stereocenters. The maximum absolute atomic E-state index is 14.8. The van der Waals surface area contributed by atoms with E-state index in [4.69, 9.17) is 10.6 Å². The number of anilines is 2. The van der Waals surface area contributed by atoms with Gasteiger partial charge in [0.1, 0.15) is 23.7 Å². The molecular formula is C26H24FN7O2. The van der Waals surface area contributed by atoms with Gasteiger partial charge in [-0.15, -0.1) is 0 Å². The van der Waals surface area contributed by atoms with Crippen LogP contribution in [0.2, 0.25) is 0 Å². The quantitative estimate of drug-likeness (QED) is 0.421. The molecule has 1 atom stereocenters. The smallest absolute Gasteiger partial charge is 0.346 e. The SMILES string of the molecule is CCn1nc(C#Cc2cc(NC(=O)N3OCC[C@@H]3c3ccccc3)c(F)cc2C)c2c(N)ncnc21. The predicted octanol–water partition coefficient (Wildman–Crippen LogP) is 4.19. The highest BCUT2D eigenvalue weighted by Crippen LogP contribution is 2.31. The van der Waals surface area contributed by atoms with Crippen LogP contribution in [0.1, 0.15) is 41.8 Å². The predicted molar refractivity (Wildman–Crippen MR) is 133 cm³/mol. The van der Waals surface area contributed by atoms with E-state index in [0.29, 0.717) is 47.4 Å². The first-order valence-electron chi connectivity index (χ1n) is 11.5. The molecule has 0 spiro atoms. The molecule has 0 bridgehead atoms. The molecule has 1 aliphatic rings. The van der Waals surface area contributed by atoms with E-state index in [1.807, 2.05) is 37.3 Å². The van der Waals surface area contributed by atoms with Gasteiger partial charge in [0.05, 0.1) is 23.7 Å². The second kappa shape index (κ2) is 9.64. The molecular weight excluding hydrogens is 461 g/mol. The standard InChI is InChI=1S/C26H24FN7O2/c1-3-33-25-23(24(28)29-15-30-25)20(32-33)10-9-18-14-21(19(27)13-16(18)2)31-26(35)34-22(11-12-36-34)17-7-5-4-6-8-17/h4-8,13-15,22H,3,11-12H2,1-2H3,(H,31,35)(H2,28,29,30)/t22-/m1/s1. The van der Waals surface area contributed by atoms with Crippen LogP contribution in [0.4, 0.5) is 20.7 Å². The molecule has 36 heavy (non-hydrogen) atoms. The average molecular weight is 486 g/mol. The number of aryl methyl sites for hydroxylation is 2. The zero-order chi connectivity index (χ0) is 25.2. The summed E-state index contributed by atoms with van der Waals surface area (Å²) in [5, 5.41) is 8.94. The Bertz CT molecular complexity index is 1510. The lowest BCUT2D eigenvalue weighted by molar-refractivity contribution is -0.0830. The number of hydrogen-bond acceptors (Lipinski definition) is 6. The summed E-state index contributed by atoms with van der Waals surface area (Å²) >= 11 is 0. The molecule has 5 rings (SSSR count). The van der Waals surface area contributed by atoms with Gasteiger partial charge in [-0.1, -0.05) is 36.3 Å². The van der Waals surface area contributed by atoms with Crippen LogP contribution >= 0.6 is 0 Å². The molecule has 1 aliphatic heterocycles. The van der Waals surface area contributed by atoms with Gasteiger partial charge >= 0.3 is 6.03 Å². The number of halogens is 1. The number of nitrogens with zero attached hydrogens (tertiary/aromatic N) is 5. The molecule has 182 valence electrons. The molecule has 0 aliphatic carbocycles. The zero-order valence-electron chi connectivity index (χ0n) is 19.8. The number of fused-ring (bicyclic) bond motifs is 1. The van der Waals surface area contributed by atoms with Crippen molar-refractivity contribution in [1.29, 1.82) is 0 Å². The van der Waals surface area contributed by atoms with Crippen LogP contribution in [0.5, 0.6) is 0 Å². The summed E-state index contributed by atoms with van der Waals surface area (Å²) in [6.45, 7) is 4.66. The van der Waals surface area contributed by atoms with Gasteiger partial charge in [0.15, 0.2) is 5.65 Å². The van der Waals surface area contributed by atoms with E-state index in [0.717, 1.165) is 5.56 Å². The van der Waals surface area contributed by atoms with E-state index < -0.39 is 11.8 Å². The maximum atomic E-state index is 14.8. The minimum Gasteiger partial charge on any atom is -0.383 e. The third kappa shape index (κ3) is 4.32. The minimum atomic E-state index is -0.569. The highest BCUT2D eigenvalue weighted by atomic mass is 19.1. The first-order valence-corrected chi connectivity index (χ1v) is 11.5. The molecule has 1 fully saturated rings. The van der Waals surface area contributed by atoms with Crippen LogP contribution < -0.4 is 11.1 Å². The summed E-state index contributed by atoms with van der Waals surface area (Å²) in [5.74, 6) is 5.76. The van der Waals surface area contributed by atoms with Gasteiger partial charge in [0.2, 0.25) is 0 Å². The van der Waals surface area contributed by atoms with Crippen LogP contribution in [-0.2, 0) is 11.4 Å². The first-order chi connectivity index (χ1) is 17.5. The van der Waals surface area contributed by atoms with Crippen molar-refractivity contribution in [2.24, 2.45) is 0 Å². The zero-order valence-corrected chi connectivity index (χ0v) is 19.8. The number of hydrogen-bond donors (Lipinski definition) is 2. The number of nitrogen functional groups attached to an aromatic ring is 1. The lowest BCUT2D eigenvalue weighted by atomic mass is 10.1. The Balaban J connectivity index is 1.43. The van der Waals surface area contributed by atoms with Crippen LogP contribution in [0.25, 0.3) is 11.0 Å². The Kier molecular flexibility index (Phi) is 6.23. The molecule has 9 nitrogen and oxygen atoms in total. The summed E-state index contributed by atoms with van der Waals surface area (Å²) in [4.78, 5) is 26.8. The van der Waals surface area contributed by atoms with Crippen LogP contribution in [-0.4, -0.2) is 37.4 Å². The largest absolute Gasteiger partial charge is 0.383 e. The second-order valence-electron chi connectivity index (χ2n) is 8.32. The molecule has 2 aromatic heterocycles. The van der Waals surface area contributed by atoms with Crippen LogP contribution in [0.3, 0.4) is 0 Å². The Morgan fingerprint density at radius 1 is 1.25 bits per heavy atom. The summed E-state index contributed by atoms with van der Waals surface area (Å²) in [7, 11) is 0. The van der Waals surface area contributed by atoms with Gasteiger partial charge in [0, 0.05) is 18.5 Å². The van der Waals surface area contributed by atoms with E-state index in [1.54, 1.807) is 11.6 Å². The van der Waals surface area contributed by atoms with Crippen LogP contribution in [0.15, 0.2) is 48.8 Å². The number of nitrogens with one attached hydrogen (secondary N) is 1. The minimum absolute atomic E-state index is 0.00371. The molecule has 4 aromatic rings. The third-order valence-electron chi connectivity index (χ3n) is 6.02. The number of urea groups is 1. The van der Waals surface area contributed by atoms with Crippen molar-refractivity contribution in [1.82, 2.24) is 24.8 Å². The fourth-order valence-electron chi connectivity index (χ4n) is 4.19. The van der Waals surface area contributed by atoms with E-state index in [2.05, 4.69) is 32.2 Å². The highest BCUT2D eigenvalue weighted by molar-refractivity contribution is 5.91. The van der Waals surface area contributed by atoms with Crippen molar-refractivity contribution in [2.45, 2.75) is 32.9 Å². The van der Waals surface area contributed by atoms with Gasteiger partial charge in [0.25, 0.3) is 0 Å². The first kappa shape index (κ1) is 23.3. The molecule has 10 heteroatoms. The van der Waals surface area contributed by atoms with Crippen molar-refractivity contribution in [2.75, 3.05) is 17.7 Å². The Morgan fingerprint density at radius 2 is 2.06 bits per heavy atom. The number of amides is 2. The number of benzene rings is 2. The van der Waals surface area contributed by atoms with E-state index in [-0.39, 0.29) is 17.5 Å². The third-order valence-corrected chi connectivity index (χ3v) is 6.02. The average Bonchev–Trinajstić information content (AvgIpc) is 3.51. The van der Waals surface area contributed by atoms with Crippen molar-refractivity contribution in [3.63, 3.8) is 0 Å². The number of nitrogens with two attached hydrogens (primary N) is 1. The number of carbonyl (C=O) groups is 1. The van der Waals surface area contributed by atoms with Crippen molar-refractivity contribution in [3.05, 3.63) is 77.0 Å². The Labute approximate surface area is 207 Å². The topological polar surface area (TPSA) is 111 Å². The molecule has 0 saturated carbocycles. The van der Waals surface area contributed by atoms with Crippen molar-refractivity contribution >= 4 is 28.6 Å². The number of aromatic nitrogens is 4. The molecule has 1 saturated heterocycles. The Hall–Kier alpha value is -4.49. The van der Waals surface area contributed by atoms with E-state index in [9.17, 15) is 9.18 Å². The fraction of sp³-hybridized carbons (Fsp3) is 0.231. The number of hydroxylamine groups is 2. The molecule has 3 heterocycles. The van der Waals surface area contributed by atoms with Gasteiger partial charge in [-0.2, -0.15) is 10.2 Å². The normalized spacial score (nSPS) is 15.1. The van der Waals surface area contributed by atoms with E-state index in [1.165, 1.54) is 23.5 Å². The van der Waals surface area contributed by atoms with Crippen molar-refractivity contribution < 1.29 is 14.0 Å². The van der Waals surface area contributed by atoms with Gasteiger partial charge in [-0.05, 0) is 43.0 Å². The van der Waals surface area contributed by atoms with Crippen molar-refractivity contribution in [3.8, 4) is 11.8 Å². The van der Waals surface area contributed by atoms with Crippen LogP contribution in [0, 0.1) is 24.6 Å². The lowest BCUT2D eigenvalue weighted by Gasteiger charge is -2.23. The summed E-state index contributed by atoms with van der Waals surface area (Å²) in [6.07, 6.45) is 2.03. The summed E-state index contributed by atoms with van der Waals surface area (Å²) in [5.41, 5.74) is 9.16. The fourth-order valence-corrected chi connectivity index (χ4v) is 4.19. The van der Waals surface area contributed by atoms with Gasteiger partial charge in [-0.3, -0.25) is 4.84 Å². The molecule has 3 N–H and O–H groups in total. The van der Waals surface area contributed by atoms with E-state index >= 15 is 0 Å². The Morgan fingerprint density at radius 3 is 2.83 bits per heavy atom. The summed E-state index contributed by atoms with van der Waals surface area (Å²) in [6, 6.07) is 11.6. The maximum Gasteiger partial charge on any atom is 0.346 e. The molecule has 2 aromatic carbocycles. The highest BCUT2D eigenvalue weighted by Gasteiger charge is 2.32. The molecule has 2 amide bonds. The van der Waals surface area contributed by atoms with Gasteiger partial charge < -0.3 is 11.1 Å².